The molecule has 0 radical (unpaired) electrons. The van der Waals surface area contributed by atoms with Crippen LogP contribution in [0.5, 0.6) is 0 Å². The van der Waals surface area contributed by atoms with Crippen LogP contribution in [0.3, 0.4) is 0 Å². The summed E-state index contributed by atoms with van der Waals surface area (Å²) in [5.41, 5.74) is 14.2. The molecule has 0 spiro atoms. The van der Waals surface area contributed by atoms with E-state index in [0.29, 0.717) is 0 Å². The van der Waals surface area contributed by atoms with Crippen molar-refractivity contribution < 1.29 is 0 Å². The minimum Gasteiger partial charge on any atom is -0.310 e. The molecule has 0 atom stereocenters. The van der Waals surface area contributed by atoms with Crippen LogP contribution in [-0.4, -0.2) is 0 Å². The van der Waals surface area contributed by atoms with Gasteiger partial charge < -0.3 is 4.90 Å². The molecular formula is C39H35N. The third kappa shape index (κ3) is 5.42. The second-order valence-electron chi connectivity index (χ2n) is 10.6. The Morgan fingerprint density at radius 3 is 1.85 bits per heavy atom. The largest absolute Gasteiger partial charge is 0.310 e. The fourth-order valence-electron chi connectivity index (χ4n) is 5.78. The van der Waals surface area contributed by atoms with Gasteiger partial charge in [-0.15, -0.1) is 0 Å². The molecule has 0 amide bonds. The Balaban J connectivity index is 1.33. The first-order valence-corrected chi connectivity index (χ1v) is 14.2. The summed E-state index contributed by atoms with van der Waals surface area (Å²) in [5, 5.41) is 0. The van der Waals surface area contributed by atoms with Gasteiger partial charge in [0.2, 0.25) is 0 Å². The lowest BCUT2D eigenvalue weighted by Crippen LogP contribution is -2.12. The summed E-state index contributed by atoms with van der Waals surface area (Å²) in [6.07, 6.45) is 7.71. The van der Waals surface area contributed by atoms with E-state index in [-0.39, 0.29) is 0 Å². The molecule has 0 bridgehead atoms. The molecule has 1 nitrogen and oxygen atoms in total. The summed E-state index contributed by atoms with van der Waals surface area (Å²) >= 11 is 0. The van der Waals surface area contributed by atoms with Crippen LogP contribution < -0.4 is 4.90 Å². The normalized spacial score (nSPS) is 12.9. The maximum absolute atomic E-state index is 2.39. The fourth-order valence-corrected chi connectivity index (χ4v) is 5.78. The first-order valence-electron chi connectivity index (χ1n) is 14.2. The highest BCUT2D eigenvalue weighted by atomic mass is 15.1. The number of rotatable bonds is 7. The first kappa shape index (κ1) is 25.6. The predicted octanol–water partition coefficient (Wildman–Crippen LogP) is 10.8. The maximum Gasteiger partial charge on any atom is 0.0496 e. The SMILES string of the molecule is CC1=C(c2cccc(N(c3ccccc3)c3ccc(-c4ccc(Cc5ccccc5)cc4)cc3)c2C)CCC=C1. The van der Waals surface area contributed by atoms with Gasteiger partial charge in [0, 0.05) is 17.1 Å². The van der Waals surface area contributed by atoms with E-state index in [4.69, 9.17) is 0 Å². The molecule has 0 heterocycles. The third-order valence-corrected chi connectivity index (χ3v) is 7.95. The van der Waals surface area contributed by atoms with Gasteiger partial charge in [-0.25, -0.2) is 0 Å². The predicted molar refractivity (Wildman–Crippen MR) is 172 cm³/mol. The Bertz CT molecular complexity index is 1640. The average molecular weight is 518 g/mol. The lowest BCUT2D eigenvalue weighted by molar-refractivity contribution is 1.03. The summed E-state index contributed by atoms with van der Waals surface area (Å²) in [4.78, 5) is 2.39. The molecule has 0 aromatic heterocycles. The maximum atomic E-state index is 2.39. The lowest BCUT2D eigenvalue weighted by Gasteiger charge is -2.29. The monoisotopic (exact) mass is 517 g/mol. The zero-order valence-electron chi connectivity index (χ0n) is 23.3. The van der Waals surface area contributed by atoms with Crippen molar-refractivity contribution in [1.29, 1.82) is 0 Å². The summed E-state index contributed by atoms with van der Waals surface area (Å²) in [5.74, 6) is 0. The minimum atomic E-state index is 0.956. The Hall–Kier alpha value is -4.62. The van der Waals surface area contributed by atoms with Crippen LogP contribution >= 0.6 is 0 Å². The quantitative estimate of drug-likeness (QED) is 0.207. The third-order valence-electron chi connectivity index (χ3n) is 7.95. The highest BCUT2D eigenvalue weighted by molar-refractivity contribution is 5.84. The lowest BCUT2D eigenvalue weighted by atomic mass is 9.89. The highest BCUT2D eigenvalue weighted by Gasteiger charge is 2.18. The number of nitrogens with zero attached hydrogens (tertiary/aromatic N) is 1. The van der Waals surface area contributed by atoms with Crippen molar-refractivity contribution in [1.82, 2.24) is 0 Å². The van der Waals surface area contributed by atoms with E-state index in [1.54, 1.807) is 0 Å². The molecule has 6 rings (SSSR count). The van der Waals surface area contributed by atoms with Crippen LogP contribution in [0.1, 0.15) is 42.0 Å². The van der Waals surface area contributed by atoms with Crippen molar-refractivity contribution in [2.75, 3.05) is 4.90 Å². The van der Waals surface area contributed by atoms with E-state index in [9.17, 15) is 0 Å². The number of allylic oxidation sites excluding steroid dienone is 4. The topological polar surface area (TPSA) is 3.24 Å². The van der Waals surface area contributed by atoms with E-state index < -0.39 is 0 Å². The van der Waals surface area contributed by atoms with Crippen molar-refractivity contribution in [3.05, 3.63) is 167 Å². The van der Waals surface area contributed by atoms with Crippen LogP contribution in [0.2, 0.25) is 0 Å². The summed E-state index contributed by atoms with van der Waals surface area (Å²) < 4.78 is 0. The van der Waals surface area contributed by atoms with Gasteiger partial charge in [0.15, 0.2) is 0 Å². The zero-order valence-corrected chi connectivity index (χ0v) is 23.3. The first-order chi connectivity index (χ1) is 19.7. The Kier molecular flexibility index (Phi) is 7.46. The summed E-state index contributed by atoms with van der Waals surface area (Å²) in [6, 6.07) is 46.1. The highest BCUT2D eigenvalue weighted by Crippen LogP contribution is 2.41. The van der Waals surface area contributed by atoms with Crippen molar-refractivity contribution in [3.63, 3.8) is 0 Å². The molecular weight excluding hydrogens is 482 g/mol. The molecule has 5 aromatic carbocycles. The molecule has 1 heteroatoms. The number of hydrogen-bond acceptors (Lipinski definition) is 1. The van der Waals surface area contributed by atoms with Gasteiger partial charge in [-0.05, 0) is 108 Å². The van der Waals surface area contributed by atoms with E-state index in [1.807, 2.05) is 0 Å². The van der Waals surface area contributed by atoms with Crippen LogP contribution in [-0.2, 0) is 6.42 Å². The Morgan fingerprint density at radius 2 is 1.18 bits per heavy atom. The molecule has 5 aromatic rings. The van der Waals surface area contributed by atoms with E-state index in [2.05, 4.69) is 158 Å². The van der Waals surface area contributed by atoms with Gasteiger partial charge in [-0.2, -0.15) is 0 Å². The molecule has 0 N–H and O–H groups in total. The van der Waals surface area contributed by atoms with Gasteiger partial charge in [-0.3, -0.25) is 0 Å². The van der Waals surface area contributed by atoms with Gasteiger partial charge >= 0.3 is 0 Å². The van der Waals surface area contributed by atoms with Gasteiger partial charge in [0.25, 0.3) is 0 Å². The second kappa shape index (κ2) is 11.6. The number of anilines is 3. The molecule has 0 aliphatic heterocycles. The molecule has 40 heavy (non-hydrogen) atoms. The van der Waals surface area contributed by atoms with Crippen molar-refractivity contribution in [2.24, 2.45) is 0 Å². The average Bonchev–Trinajstić information content (AvgIpc) is 3.01. The minimum absolute atomic E-state index is 0.956. The molecule has 1 aliphatic carbocycles. The van der Waals surface area contributed by atoms with Crippen molar-refractivity contribution >= 4 is 22.6 Å². The molecule has 0 saturated heterocycles. The van der Waals surface area contributed by atoms with Crippen LogP contribution in [0, 0.1) is 6.92 Å². The fraction of sp³-hybridized carbons (Fsp3) is 0.128. The zero-order chi connectivity index (χ0) is 27.3. The number of para-hydroxylation sites is 1. The summed E-state index contributed by atoms with van der Waals surface area (Å²) in [6.45, 7) is 4.50. The van der Waals surface area contributed by atoms with Crippen LogP contribution in [0.4, 0.5) is 17.1 Å². The molecule has 0 saturated carbocycles. The Labute approximate surface area is 238 Å². The van der Waals surface area contributed by atoms with Crippen LogP contribution in [0.15, 0.2) is 145 Å². The van der Waals surface area contributed by atoms with E-state index in [1.165, 1.54) is 50.2 Å². The molecule has 1 aliphatic rings. The molecule has 196 valence electrons. The van der Waals surface area contributed by atoms with Gasteiger partial charge in [0.05, 0.1) is 0 Å². The Morgan fingerprint density at radius 1 is 0.575 bits per heavy atom. The van der Waals surface area contributed by atoms with Crippen LogP contribution in [0.25, 0.3) is 16.7 Å². The molecule has 0 unspecified atom stereocenters. The number of hydrogen-bond donors (Lipinski definition) is 0. The second-order valence-corrected chi connectivity index (χ2v) is 10.6. The summed E-state index contributed by atoms with van der Waals surface area (Å²) in [7, 11) is 0. The van der Waals surface area contributed by atoms with E-state index in [0.717, 1.165) is 30.6 Å². The van der Waals surface area contributed by atoms with Gasteiger partial charge in [-0.1, -0.05) is 109 Å². The standard InChI is InChI=1S/C39H35N/c1-29-12-9-10-17-37(29)38-18-11-19-39(30(38)2)40(35-15-7-4-8-16-35)36-26-24-34(25-27-36)33-22-20-32(21-23-33)28-31-13-5-3-6-14-31/h3-9,11-16,18-27H,10,17,28H2,1-2H3. The van der Waals surface area contributed by atoms with Gasteiger partial charge in [0.1, 0.15) is 0 Å². The molecule has 0 fully saturated rings. The van der Waals surface area contributed by atoms with Crippen molar-refractivity contribution in [2.45, 2.75) is 33.1 Å². The smallest absolute Gasteiger partial charge is 0.0496 e. The number of benzene rings is 5. The van der Waals surface area contributed by atoms with E-state index >= 15 is 0 Å². The van der Waals surface area contributed by atoms with Crippen molar-refractivity contribution in [3.8, 4) is 11.1 Å².